The molecule has 4 aromatic rings. The van der Waals surface area contributed by atoms with Crippen molar-refractivity contribution in [2.24, 2.45) is 5.10 Å². The molecule has 5 rings (SSSR count). The number of benzene rings is 3. The van der Waals surface area contributed by atoms with Gasteiger partial charge in [0, 0.05) is 11.4 Å². The van der Waals surface area contributed by atoms with E-state index in [0.29, 0.717) is 11.5 Å². The lowest BCUT2D eigenvalue weighted by molar-refractivity contribution is -0.385. The Morgan fingerprint density at radius 3 is 1.94 bits per heavy atom. The quantitative estimate of drug-likeness (QED) is 0.192. The van der Waals surface area contributed by atoms with Crippen LogP contribution in [0.1, 0.15) is 5.56 Å². The normalized spacial score (nSPS) is 11.9. The van der Waals surface area contributed by atoms with Crippen LogP contribution in [0, 0.1) is 10.1 Å². The number of ether oxygens (including phenoxy) is 2. The van der Waals surface area contributed by atoms with E-state index in [1.165, 1.54) is 18.3 Å². The van der Waals surface area contributed by atoms with Gasteiger partial charge in [-0.05, 0) is 30.3 Å². The van der Waals surface area contributed by atoms with Crippen LogP contribution in [0.5, 0.6) is 11.5 Å². The maximum absolute atomic E-state index is 11.5. The van der Waals surface area contributed by atoms with Gasteiger partial charge in [-0.3, -0.25) is 10.1 Å². The number of hydrazone groups is 1. The topological polar surface area (TPSA) is 149 Å². The molecule has 12 nitrogen and oxygen atoms in total. The smallest absolute Gasteiger partial charge is 0.282 e. The average molecular weight is 470 g/mol. The molecule has 0 unspecified atom stereocenters. The summed E-state index contributed by atoms with van der Waals surface area (Å²) in [5.41, 5.74) is 4.34. The van der Waals surface area contributed by atoms with Crippen molar-refractivity contribution < 1.29 is 14.4 Å². The van der Waals surface area contributed by atoms with E-state index >= 15 is 0 Å². The zero-order valence-electron chi connectivity index (χ0n) is 18.1. The summed E-state index contributed by atoms with van der Waals surface area (Å²) in [5.74, 6) is 1.39. The van der Waals surface area contributed by atoms with Gasteiger partial charge in [0.15, 0.2) is 11.5 Å². The van der Waals surface area contributed by atoms with E-state index in [1.54, 1.807) is 0 Å². The van der Waals surface area contributed by atoms with Crippen LogP contribution in [0.4, 0.5) is 34.9 Å². The number of para-hydroxylation sites is 2. The standard InChI is InChI=1S/C23H18N8O4/c32-31(33)18-12-20-19(34-14-35-20)11-15(18)13-24-30-23-28-21(25-16-7-3-1-4-8-16)27-22(29-23)26-17-9-5-2-6-10-17/h1-13H,14H2,(H3,25,26,27,28,29,30)/b24-13+. The lowest BCUT2D eigenvalue weighted by Crippen LogP contribution is -2.07. The fraction of sp³-hybridized carbons (Fsp3) is 0.0435. The molecule has 1 aliphatic heterocycles. The van der Waals surface area contributed by atoms with Gasteiger partial charge in [-0.2, -0.15) is 20.1 Å². The van der Waals surface area contributed by atoms with Crippen molar-refractivity contribution in [1.82, 2.24) is 15.0 Å². The third-order valence-corrected chi connectivity index (χ3v) is 4.78. The Kier molecular flexibility index (Phi) is 5.98. The van der Waals surface area contributed by atoms with Crippen molar-refractivity contribution in [1.29, 1.82) is 0 Å². The molecule has 0 radical (unpaired) electrons. The molecule has 0 spiro atoms. The molecule has 2 heterocycles. The summed E-state index contributed by atoms with van der Waals surface area (Å²) in [4.78, 5) is 24.0. The number of anilines is 5. The first-order valence-corrected chi connectivity index (χ1v) is 10.4. The summed E-state index contributed by atoms with van der Waals surface area (Å²) in [6, 6.07) is 21.6. The first kappa shape index (κ1) is 21.6. The first-order chi connectivity index (χ1) is 17.1. The fourth-order valence-corrected chi connectivity index (χ4v) is 3.21. The minimum Gasteiger partial charge on any atom is -0.454 e. The lowest BCUT2D eigenvalue weighted by atomic mass is 10.1. The summed E-state index contributed by atoms with van der Waals surface area (Å²) in [5, 5.41) is 21.8. The van der Waals surface area contributed by atoms with Crippen molar-refractivity contribution in [3.63, 3.8) is 0 Å². The van der Waals surface area contributed by atoms with Crippen molar-refractivity contribution in [3.8, 4) is 11.5 Å². The molecule has 0 saturated heterocycles. The average Bonchev–Trinajstić information content (AvgIpc) is 3.32. The predicted octanol–water partition coefficient (Wildman–Crippen LogP) is 4.44. The molecule has 35 heavy (non-hydrogen) atoms. The molecule has 1 aliphatic rings. The predicted molar refractivity (Wildman–Crippen MR) is 130 cm³/mol. The summed E-state index contributed by atoms with van der Waals surface area (Å²) in [7, 11) is 0. The highest BCUT2D eigenvalue weighted by atomic mass is 16.7. The van der Waals surface area contributed by atoms with E-state index in [0.717, 1.165) is 11.4 Å². The summed E-state index contributed by atoms with van der Waals surface area (Å²) in [6.45, 7) is 0.00454. The highest BCUT2D eigenvalue weighted by Crippen LogP contribution is 2.37. The third kappa shape index (κ3) is 5.22. The molecule has 12 heteroatoms. The second-order valence-corrected chi connectivity index (χ2v) is 7.18. The van der Waals surface area contributed by atoms with Gasteiger partial charge in [-0.15, -0.1) is 0 Å². The zero-order valence-corrected chi connectivity index (χ0v) is 18.1. The van der Waals surface area contributed by atoms with Crippen molar-refractivity contribution in [2.45, 2.75) is 0 Å². The highest BCUT2D eigenvalue weighted by molar-refractivity contribution is 5.87. The van der Waals surface area contributed by atoms with Crippen LogP contribution in [0.2, 0.25) is 0 Å². The molecule has 0 aliphatic carbocycles. The maximum atomic E-state index is 11.5. The van der Waals surface area contributed by atoms with Crippen LogP contribution < -0.4 is 25.5 Å². The van der Waals surface area contributed by atoms with Crippen LogP contribution in [-0.2, 0) is 0 Å². The molecule has 0 saturated carbocycles. The minimum atomic E-state index is -0.518. The van der Waals surface area contributed by atoms with Crippen LogP contribution in [0.3, 0.4) is 0 Å². The van der Waals surface area contributed by atoms with Gasteiger partial charge in [0.2, 0.25) is 24.6 Å². The monoisotopic (exact) mass is 470 g/mol. The molecular weight excluding hydrogens is 452 g/mol. The summed E-state index contributed by atoms with van der Waals surface area (Å²) < 4.78 is 10.5. The zero-order chi connectivity index (χ0) is 24.0. The number of hydrogen-bond acceptors (Lipinski definition) is 11. The van der Waals surface area contributed by atoms with E-state index in [2.05, 4.69) is 36.1 Å². The molecule has 0 atom stereocenters. The Morgan fingerprint density at radius 1 is 0.829 bits per heavy atom. The Bertz CT molecular complexity index is 1320. The third-order valence-electron chi connectivity index (χ3n) is 4.78. The molecule has 0 bridgehead atoms. The Hall–Kier alpha value is -5.26. The van der Waals surface area contributed by atoms with Gasteiger partial charge in [0.25, 0.3) is 5.69 Å². The number of nitro groups is 1. The Balaban J connectivity index is 1.41. The molecule has 3 aromatic carbocycles. The second kappa shape index (κ2) is 9.70. The van der Waals surface area contributed by atoms with E-state index in [9.17, 15) is 10.1 Å². The van der Waals surface area contributed by atoms with Gasteiger partial charge in [-0.1, -0.05) is 36.4 Å². The van der Waals surface area contributed by atoms with Gasteiger partial charge in [0.1, 0.15) is 0 Å². The van der Waals surface area contributed by atoms with Gasteiger partial charge in [0.05, 0.1) is 22.8 Å². The van der Waals surface area contributed by atoms with Crippen LogP contribution >= 0.6 is 0 Å². The van der Waals surface area contributed by atoms with E-state index in [-0.39, 0.29) is 35.9 Å². The molecule has 1 aromatic heterocycles. The highest BCUT2D eigenvalue weighted by Gasteiger charge is 2.22. The van der Waals surface area contributed by atoms with Gasteiger partial charge in [-0.25, -0.2) is 5.43 Å². The lowest BCUT2D eigenvalue weighted by Gasteiger charge is -2.10. The van der Waals surface area contributed by atoms with E-state index in [4.69, 9.17) is 9.47 Å². The molecular formula is C23H18N8O4. The fourth-order valence-electron chi connectivity index (χ4n) is 3.21. The number of nitrogens with zero attached hydrogens (tertiary/aromatic N) is 5. The number of nitro benzene ring substituents is 1. The molecule has 174 valence electrons. The largest absolute Gasteiger partial charge is 0.454 e. The van der Waals surface area contributed by atoms with Crippen LogP contribution in [0.25, 0.3) is 0 Å². The van der Waals surface area contributed by atoms with Gasteiger partial charge >= 0.3 is 0 Å². The maximum Gasteiger partial charge on any atom is 0.282 e. The number of nitrogens with one attached hydrogen (secondary N) is 3. The van der Waals surface area contributed by atoms with E-state index in [1.807, 2.05) is 60.7 Å². The summed E-state index contributed by atoms with van der Waals surface area (Å²) >= 11 is 0. The van der Waals surface area contributed by atoms with Crippen molar-refractivity contribution in [3.05, 3.63) is 88.5 Å². The second-order valence-electron chi connectivity index (χ2n) is 7.18. The van der Waals surface area contributed by atoms with Crippen molar-refractivity contribution >= 4 is 41.1 Å². The van der Waals surface area contributed by atoms with Crippen LogP contribution in [-0.4, -0.2) is 32.9 Å². The first-order valence-electron chi connectivity index (χ1n) is 10.4. The SMILES string of the molecule is O=[N+]([O-])c1cc2c(cc1/C=N/Nc1nc(Nc3ccccc3)nc(Nc3ccccc3)n1)OCO2. The minimum absolute atomic E-state index is 0.00454. The number of fused-ring (bicyclic) bond motifs is 1. The molecule has 3 N–H and O–H groups in total. The Labute approximate surface area is 198 Å². The Morgan fingerprint density at radius 2 is 1.37 bits per heavy atom. The molecule has 0 fully saturated rings. The number of rotatable bonds is 8. The molecule has 0 amide bonds. The number of aromatic nitrogens is 3. The number of hydrogen-bond donors (Lipinski definition) is 3. The van der Waals surface area contributed by atoms with E-state index < -0.39 is 4.92 Å². The van der Waals surface area contributed by atoms with Crippen LogP contribution in [0.15, 0.2) is 77.9 Å². The summed E-state index contributed by atoms with van der Waals surface area (Å²) in [6.07, 6.45) is 1.29. The van der Waals surface area contributed by atoms with Gasteiger partial charge < -0.3 is 20.1 Å². The van der Waals surface area contributed by atoms with Crippen molar-refractivity contribution in [2.75, 3.05) is 22.9 Å².